The fourth-order valence-corrected chi connectivity index (χ4v) is 3.35. The van der Waals surface area contributed by atoms with Crippen LogP contribution in [0.15, 0.2) is 40.9 Å². The van der Waals surface area contributed by atoms with Gasteiger partial charge in [-0.1, -0.05) is 34.1 Å². The summed E-state index contributed by atoms with van der Waals surface area (Å²) in [6.45, 7) is 2.86. The predicted molar refractivity (Wildman–Crippen MR) is 82.2 cm³/mol. The van der Waals surface area contributed by atoms with E-state index in [9.17, 15) is 0 Å². The van der Waals surface area contributed by atoms with Crippen LogP contribution < -0.4 is 4.74 Å². The van der Waals surface area contributed by atoms with Crippen molar-refractivity contribution in [1.82, 2.24) is 0 Å². The minimum Gasteiger partial charge on any atom is -0.493 e. The number of halogens is 2. The van der Waals surface area contributed by atoms with Gasteiger partial charge in [-0.15, -0.1) is 11.6 Å². The summed E-state index contributed by atoms with van der Waals surface area (Å²) in [4.78, 5) is 0. The van der Waals surface area contributed by atoms with Crippen LogP contribution in [0.25, 0.3) is 0 Å². The number of ether oxygens (including phenoxy) is 1. The lowest BCUT2D eigenvalue weighted by Crippen LogP contribution is -1.95. The van der Waals surface area contributed by atoms with Crippen molar-refractivity contribution in [3.8, 4) is 5.75 Å². The Morgan fingerprint density at radius 3 is 2.79 bits per heavy atom. The van der Waals surface area contributed by atoms with Crippen LogP contribution >= 0.6 is 27.5 Å². The number of alkyl halides is 1. The van der Waals surface area contributed by atoms with Crippen LogP contribution in [0.2, 0.25) is 0 Å². The van der Waals surface area contributed by atoms with Crippen molar-refractivity contribution in [2.45, 2.75) is 18.7 Å². The molecule has 3 rings (SSSR count). The van der Waals surface area contributed by atoms with Crippen molar-refractivity contribution in [1.29, 1.82) is 0 Å². The fraction of sp³-hybridized carbons (Fsp3) is 0.250. The first kappa shape index (κ1) is 13.0. The van der Waals surface area contributed by atoms with Gasteiger partial charge < -0.3 is 4.74 Å². The highest BCUT2D eigenvalue weighted by atomic mass is 79.9. The van der Waals surface area contributed by atoms with Crippen LogP contribution in [0.5, 0.6) is 5.75 Å². The second kappa shape index (κ2) is 5.18. The van der Waals surface area contributed by atoms with Crippen LogP contribution in [-0.4, -0.2) is 6.61 Å². The highest BCUT2D eigenvalue weighted by Gasteiger charge is 2.17. The summed E-state index contributed by atoms with van der Waals surface area (Å²) in [5, 5.41) is -0.123. The molecule has 2 aromatic carbocycles. The van der Waals surface area contributed by atoms with Gasteiger partial charge in [0.1, 0.15) is 5.75 Å². The Bertz CT molecular complexity index is 604. The first-order chi connectivity index (χ1) is 9.13. The molecule has 0 fully saturated rings. The third-order valence-corrected chi connectivity index (χ3v) is 4.33. The van der Waals surface area contributed by atoms with E-state index in [-0.39, 0.29) is 5.38 Å². The second-order valence-corrected chi connectivity index (χ2v) is 6.24. The molecule has 3 heteroatoms. The maximum Gasteiger partial charge on any atom is 0.122 e. The van der Waals surface area contributed by atoms with Crippen LogP contribution in [-0.2, 0) is 6.42 Å². The maximum absolute atomic E-state index is 6.62. The average Bonchev–Trinajstić information content (AvgIpc) is 2.83. The Labute approximate surface area is 126 Å². The highest BCUT2D eigenvalue weighted by molar-refractivity contribution is 9.10. The minimum absolute atomic E-state index is 0.123. The van der Waals surface area contributed by atoms with Crippen LogP contribution in [0, 0.1) is 6.92 Å². The number of aryl methyl sites for hydroxylation is 1. The van der Waals surface area contributed by atoms with Gasteiger partial charge in [-0.3, -0.25) is 0 Å². The van der Waals surface area contributed by atoms with Crippen molar-refractivity contribution in [2.24, 2.45) is 0 Å². The van der Waals surface area contributed by atoms with Crippen molar-refractivity contribution >= 4 is 27.5 Å². The lowest BCUT2D eigenvalue weighted by atomic mass is 10.00. The summed E-state index contributed by atoms with van der Waals surface area (Å²) >= 11 is 10.1. The monoisotopic (exact) mass is 336 g/mol. The highest BCUT2D eigenvalue weighted by Crippen LogP contribution is 2.35. The molecule has 0 aliphatic carbocycles. The molecule has 1 aliphatic rings. The van der Waals surface area contributed by atoms with Gasteiger partial charge in [0.25, 0.3) is 0 Å². The normalized spacial score (nSPS) is 14.9. The largest absolute Gasteiger partial charge is 0.493 e. The molecule has 0 N–H and O–H groups in total. The molecule has 0 saturated carbocycles. The van der Waals surface area contributed by atoms with E-state index in [4.69, 9.17) is 16.3 Å². The second-order valence-electron chi connectivity index (χ2n) is 4.89. The molecule has 19 heavy (non-hydrogen) atoms. The molecule has 0 aromatic heterocycles. The van der Waals surface area contributed by atoms with Crippen molar-refractivity contribution in [3.63, 3.8) is 0 Å². The molecule has 98 valence electrons. The summed E-state index contributed by atoms with van der Waals surface area (Å²) in [5.41, 5.74) is 4.71. The van der Waals surface area contributed by atoms with Gasteiger partial charge in [0, 0.05) is 10.9 Å². The zero-order valence-electron chi connectivity index (χ0n) is 10.6. The van der Waals surface area contributed by atoms with Crippen molar-refractivity contribution in [2.75, 3.05) is 6.61 Å². The molecule has 0 radical (unpaired) electrons. The zero-order chi connectivity index (χ0) is 13.4. The van der Waals surface area contributed by atoms with E-state index in [1.54, 1.807) is 0 Å². The number of benzene rings is 2. The van der Waals surface area contributed by atoms with E-state index in [1.165, 1.54) is 11.1 Å². The first-order valence-electron chi connectivity index (χ1n) is 6.30. The van der Waals surface area contributed by atoms with Gasteiger partial charge in [0.15, 0.2) is 0 Å². The Morgan fingerprint density at radius 1 is 1.16 bits per heavy atom. The fourth-order valence-electron chi connectivity index (χ4n) is 2.47. The van der Waals surface area contributed by atoms with Gasteiger partial charge in [-0.2, -0.15) is 0 Å². The topological polar surface area (TPSA) is 9.23 Å². The number of hydrogen-bond donors (Lipinski definition) is 0. The summed E-state index contributed by atoms with van der Waals surface area (Å²) in [5.74, 6) is 0.998. The molecule has 0 amide bonds. The van der Waals surface area contributed by atoms with Gasteiger partial charge >= 0.3 is 0 Å². The van der Waals surface area contributed by atoms with Crippen LogP contribution in [0.3, 0.4) is 0 Å². The molecule has 0 spiro atoms. The van der Waals surface area contributed by atoms with Gasteiger partial charge in [0.2, 0.25) is 0 Å². The number of rotatable bonds is 2. The predicted octanol–water partition coefficient (Wildman–Crippen LogP) is 5.02. The Morgan fingerprint density at radius 2 is 2.00 bits per heavy atom. The zero-order valence-corrected chi connectivity index (χ0v) is 13.0. The average molecular weight is 338 g/mol. The Kier molecular flexibility index (Phi) is 3.55. The van der Waals surface area contributed by atoms with E-state index >= 15 is 0 Å². The smallest absolute Gasteiger partial charge is 0.122 e. The molecule has 2 aromatic rings. The van der Waals surface area contributed by atoms with Gasteiger partial charge in [-0.25, -0.2) is 0 Å². The quantitative estimate of drug-likeness (QED) is 0.699. The molecule has 0 saturated heterocycles. The Hall–Kier alpha value is -0.990. The van der Waals surface area contributed by atoms with E-state index < -0.39 is 0 Å². The van der Waals surface area contributed by atoms with Crippen LogP contribution in [0.1, 0.15) is 27.6 Å². The van der Waals surface area contributed by atoms with Crippen molar-refractivity contribution < 1.29 is 4.74 Å². The van der Waals surface area contributed by atoms with E-state index in [2.05, 4.69) is 53.2 Å². The first-order valence-corrected chi connectivity index (χ1v) is 7.53. The van der Waals surface area contributed by atoms with E-state index in [0.717, 1.165) is 34.4 Å². The van der Waals surface area contributed by atoms with Crippen molar-refractivity contribution in [3.05, 3.63) is 63.1 Å². The lowest BCUT2D eigenvalue weighted by molar-refractivity contribution is 0.357. The summed E-state index contributed by atoms with van der Waals surface area (Å²) in [6, 6.07) is 12.5. The molecule has 1 atom stereocenters. The number of hydrogen-bond acceptors (Lipinski definition) is 1. The number of fused-ring (bicyclic) bond motifs is 1. The van der Waals surface area contributed by atoms with E-state index in [0.29, 0.717) is 0 Å². The molecular weight excluding hydrogens is 324 g/mol. The SMILES string of the molecule is Cc1cc(Br)cc(C(Cl)c2ccc3c(c2)CCO3)c1. The van der Waals surface area contributed by atoms with E-state index in [1.807, 2.05) is 6.07 Å². The standard InChI is InChI=1S/C16H14BrClO/c1-10-6-13(9-14(17)7-10)16(18)12-2-3-15-11(8-12)4-5-19-15/h2-3,6-9,16H,4-5H2,1H3. The molecular formula is C16H14BrClO. The lowest BCUT2D eigenvalue weighted by Gasteiger charge is -2.13. The minimum atomic E-state index is -0.123. The molecule has 0 bridgehead atoms. The summed E-state index contributed by atoms with van der Waals surface area (Å²) in [6.07, 6.45) is 0.976. The molecule has 1 nitrogen and oxygen atoms in total. The molecule has 1 aliphatic heterocycles. The third kappa shape index (κ3) is 2.65. The maximum atomic E-state index is 6.62. The third-order valence-electron chi connectivity index (χ3n) is 3.36. The van der Waals surface area contributed by atoms with Crippen LogP contribution in [0.4, 0.5) is 0 Å². The van der Waals surface area contributed by atoms with Gasteiger partial charge in [0.05, 0.1) is 12.0 Å². The molecule has 1 heterocycles. The van der Waals surface area contributed by atoms with Gasteiger partial charge in [-0.05, 0) is 47.4 Å². The molecule has 1 unspecified atom stereocenters. The Balaban J connectivity index is 1.97. The summed E-state index contributed by atoms with van der Waals surface area (Å²) in [7, 11) is 0. The summed E-state index contributed by atoms with van der Waals surface area (Å²) < 4.78 is 6.59.